The zero-order valence-electron chi connectivity index (χ0n) is 17.7. The van der Waals surface area contributed by atoms with Crippen LogP contribution in [0.2, 0.25) is 0 Å². The van der Waals surface area contributed by atoms with Crippen molar-refractivity contribution in [2.75, 3.05) is 18.0 Å². The van der Waals surface area contributed by atoms with E-state index in [9.17, 15) is 23.1 Å². The summed E-state index contributed by atoms with van der Waals surface area (Å²) in [5, 5.41) is 12.5. The quantitative estimate of drug-likeness (QED) is 0.621. The molecule has 0 bridgehead atoms. The van der Waals surface area contributed by atoms with Crippen molar-refractivity contribution in [3.63, 3.8) is 0 Å². The molecule has 0 radical (unpaired) electrons. The summed E-state index contributed by atoms with van der Waals surface area (Å²) in [5.74, 6) is -0.272. The molecule has 1 atom stereocenters. The van der Waals surface area contributed by atoms with Gasteiger partial charge in [-0.1, -0.05) is 43.0 Å². The second kappa shape index (κ2) is 10.4. The highest BCUT2D eigenvalue weighted by Crippen LogP contribution is 2.26. The van der Waals surface area contributed by atoms with Gasteiger partial charge in [-0.15, -0.1) is 0 Å². The van der Waals surface area contributed by atoms with Gasteiger partial charge in [0, 0.05) is 24.8 Å². The maximum Gasteiger partial charge on any atom is 0.412 e. The third kappa shape index (κ3) is 5.74. The van der Waals surface area contributed by atoms with E-state index in [-0.39, 0.29) is 35.6 Å². The van der Waals surface area contributed by atoms with Crippen LogP contribution in [0, 0.1) is 0 Å². The van der Waals surface area contributed by atoms with E-state index in [0.29, 0.717) is 25.8 Å². The summed E-state index contributed by atoms with van der Waals surface area (Å²) in [7, 11) is -3.82. The third-order valence-corrected chi connectivity index (χ3v) is 7.29. The molecule has 1 aliphatic heterocycles. The third-order valence-electron chi connectivity index (χ3n) is 5.40. The zero-order valence-corrected chi connectivity index (χ0v) is 18.5. The molecular formula is C23H27N3O5S. The van der Waals surface area contributed by atoms with Gasteiger partial charge in [0.15, 0.2) is 0 Å². The van der Waals surface area contributed by atoms with Crippen LogP contribution in [-0.4, -0.2) is 49.0 Å². The number of nitrogens with zero attached hydrogens (tertiary/aromatic N) is 2. The maximum absolute atomic E-state index is 13.3. The summed E-state index contributed by atoms with van der Waals surface area (Å²) < 4.78 is 28.0. The van der Waals surface area contributed by atoms with E-state index in [1.54, 1.807) is 12.1 Å². The zero-order chi connectivity index (χ0) is 23.1. The largest absolute Gasteiger partial charge is 0.465 e. The van der Waals surface area contributed by atoms with Gasteiger partial charge in [0.25, 0.3) is 0 Å². The van der Waals surface area contributed by atoms with E-state index in [2.05, 4.69) is 11.9 Å². The molecule has 1 fully saturated rings. The summed E-state index contributed by atoms with van der Waals surface area (Å²) in [6.45, 7) is 4.14. The van der Waals surface area contributed by atoms with Crippen LogP contribution in [0.15, 0.2) is 72.1 Å². The average molecular weight is 458 g/mol. The number of carbonyl (C=O) groups is 2. The van der Waals surface area contributed by atoms with Crippen LogP contribution in [0.5, 0.6) is 0 Å². The topological polar surface area (TPSA) is 107 Å². The Bertz CT molecular complexity index is 1070. The van der Waals surface area contributed by atoms with E-state index in [0.717, 1.165) is 10.5 Å². The molecule has 0 spiro atoms. The van der Waals surface area contributed by atoms with Crippen molar-refractivity contribution in [1.29, 1.82) is 0 Å². The Kier molecular flexibility index (Phi) is 7.66. The second-order valence-corrected chi connectivity index (χ2v) is 9.53. The van der Waals surface area contributed by atoms with Crippen molar-refractivity contribution in [2.24, 2.45) is 0 Å². The number of amides is 2. The predicted molar refractivity (Wildman–Crippen MR) is 122 cm³/mol. The molecule has 170 valence electrons. The number of anilines is 1. The van der Waals surface area contributed by atoms with Gasteiger partial charge in [0.05, 0.1) is 11.4 Å². The van der Waals surface area contributed by atoms with Gasteiger partial charge >= 0.3 is 6.09 Å². The molecule has 9 heteroatoms. The fourth-order valence-electron chi connectivity index (χ4n) is 3.71. The molecule has 32 heavy (non-hydrogen) atoms. The Balaban J connectivity index is 1.80. The number of benzene rings is 2. The molecule has 1 unspecified atom stereocenters. The lowest BCUT2D eigenvalue weighted by Gasteiger charge is -2.23. The summed E-state index contributed by atoms with van der Waals surface area (Å²) in [6, 6.07) is 15.0. The molecule has 1 aliphatic rings. The van der Waals surface area contributed by atoms with Gasteiger partial charge in [0.1, 0.15) is 0 Å². The highest BCUT2D eigenvalue weighted by molar-refractivity contribution is 7.89. The van der Waals surface area contributed by atoms with Crippen molar-refractivity contribution in [1.82, 2.24) is 9.62 Å². The van der Waals surface area contributed by atoms with Crippen LogP contribution in [-0.2, 0) is 21.4 Å². The van der Waals surface area contributed by atoms with Crippen molar-refractivity contribution >= 4 is 27.7 Å². The predicted octanol–water partition coefficient (Wildman–Crippen LogP) is 3.22. The van der Waals surface area contributed by atoms with Gasteiger partial charge in [0.2, 0.25) is 15.9 Å². The standard InChI is InChI=1S/C23H27N3O5S/c1-2-22(27)24-19-10-7-14-25(15-13-19)32(30,31)21-12-6-11-20(16-21)26(23(28)29)17-18-8-4-3-5-9-18/h2-6,8-9,11-12,16,19H,1,7,10,13-15,17H2,(H,24,27)(H,28,29). The first kappa shape index (κ1) is 23.5. The normalized spacial score (nSPS) is 17.2. The van der Waals surface area contributed by atoms with Crippen LogP contribution in [0.1, 0.15) is 24.8 Å². The molecule has 8 nitrogen and oxygen atoms in total. The lowest BCUT2D eigenvalue weighted by atomic mass is 10.1. The SMILES string of the molecule is C=CC(=O)NC1CCCN(S(=O)(=O)c2cccc(N(Cc3ccccc3)C(=O)O)c2)CC1. The Hall–Kier alpha value is -3.17. The Labute approximate surface area is 188 Å². The summed E-state index contributed by atoms with van der Waals surface area (Å²) in [6.07, 6.45) is 1.81. The fourth-order valence-corrected chi connectivity index (χ4v) is 5.24. The molecule has 1 saturated heterocycles. The van der Waals surface area contributed by atoms with Crippen molar-refractivity contribution in [2.45, 2.75) is 36.7 Å². The molecule has 2 aromatic carbocycles. The number of carbonyl (C=O) groups excluding carboxylic acids is 1. The summed E-state index contributed by atoms with van der Waals surface area (Å²) >= 11 is 0. The summed E-state index contributed by atoms with van der Waals surface area (Å²) in [5.41, 5.74) is 1.08. The van der Waals surface area contributed by atoms with Crippen LogP contribution in [0.3, 0.4) is 0 Å². The molecule has 2 amide bonds. The molecule has 0 aliphatic carbocycles. The van der Waals surface area contributed by atoms with Crippen molar-refractivity contribution < 1.29 is 23.1 Å². The highest BCUT2D eigenvalue weighted by atomic mass is 32.2. The molecule has 3 rings (SSSR count). The number of hydrogen-bond acceptors (Lipinski definition) is 4. The minimum atomic E-state index is -3.82. The first-order valence-corrected chi connectivity index (χ1v) is 11.8. The molecular weight excluding hydrogens is 430 g/mol. The molecule has 0 aromatic heterocycles. The Morgan fingerprint density at radius 2 is 1.88 bits per heavy atom. The minimum absolute atomic E-state index is 0.0443. The monoisotopic (exact) mass is 457 g/mol. The van der Waals surface area contributed by atoms with Crippen LogP contribution >= 0.6 is 0 Å². The minimum Gasteiger partial charge on any atom is -0.465 e. The Morgan fingerprint density at radius 1 is 1.12 bits per heavy atom. The molecule has 2 N–H and O–H groups in total. The van der Waals surface area contributed by atoms with Crippen LogP contribution in [0.4, 0.5) is 10.5 Å². The first-order valence-electron chi connectivity index (χ1n) is 10.4. The number of rotatable bonds is 7. The van der Waals surface area contributed by atoms with E-state index in [1.165, 1.54) is 22.5 Å². The van der Waals surface area contributed by atoms with Gasteiger partial charge in [-0.2, -0.15) is 4.31 Å². The Morgan fingerprint density at radius 3 is 2.56 bits per heavy atom. The lowest BCUT2D eigenvalue weighted by Crippen LogP contribution is -2.36. The molecule has 1 heterocycles. The summed E-state index contributed by atoms with van der Waals surface area (Å²) in [4.78, 5) is 24.6. The van der Waals surface area contributed by atoms with Gasteiger partial charge < -0.3 is 10.4 Å². The van der Waals surface area contributed by atoms with E-state index in [1.807, 2.05) is 30.3 Å². The lowest BCUT2D eigenvalue weighted by molar-refractivity contribution is -0.117. The van der Waals surface area contributed by atoms with E-state index >= 15 is 0 Å². The fraction of sp³-hybridized carbons (Fsp3) is 0.304. The van der Waals surface area contributed by atoms with Crippen molar-refractivity contribution in [3.05, 3.63) is 72.8 Å². The number of hydrogen-bond donors (Lipinski definition) is 2. The number of sulfonamides is 1. The van der Waals surface area contributed by atoms with Crippen LogP contribution in [0.25, 0.3) is 0 Å². The molecule has 0 saturated carbocycles. The number of nitrogens with one attached hydrogen (secondary N) is 1. The van der Waals surface area contributed by atoms with Gasteiger partial charge in [-0.3, -0.25) is 9.69 Å². The maximum atomic E-state index is 13.3. The number of carboxylic acid groups (broad SMARTS) is 1. The van der Waals surface area contributed by atoms with Gasteiger partial charge in [-0.25, -0.2) is 13.2 Å². The van der Waals surface area contributed by atoms with Crippen molar-refractivity contribution in [3.8, 4) is 0 Å². The highest BCUT2D eigenvalue weighted by Gasteiger charge is 2.29. The van der Waals surface area contributed by atoms with Gasteiger partial charge in [-0.05, 0) is 49.1 Å². The van der Waals surface area contributed by atoms with E-state index in [4.69, 9.17) is 0 Å². The van der Waals surface area contributed by atoms with E-state index < -0.39 is 16.1 Å². The molecule has 2 aromatic rings. The van der Waals surface area contributed by atoms with Crippen LogP contribution < -0.4 is 10.2 Å². The average Bonchev–Trinajstić information content (AvgIpc) is 3.04. The smallest absolute Gasteiger partial charge is 0.412 e. The first-order chi connectivity index (χ1) is 15.3. The second-order valence-electron chi connectivity index (χ2n) is 7.60.